The number of hydrogen-bond donors (Lipinski definition) is 1. The van der Waals surface area contributed by atoms with Crippen molar-refractivity contribution >= 4 is 0 Å². The van der Waals surface area contributed by atoms with Crippen LogP contribution >= 0.6 is 0 Å². The number of nitrogens with zero attached hydrogens (tertiary/aromatic N) is 1. The fourth-order valence-electron chi connectivity index (χ4n) is 2.15. The summed E-state index contributed by atoms with van der Waals surface area (Å²) in [4.78, 5) is 2.63. The van der Waals surface area contributed by atoms with E-state index in [1.54, 1.807) is 0 Å². The first kappa shape index (κ1) is 16.9. The molecule has 0 aromatic heterocycles. The van der Waals surface area contributed by atoms with Gasteiger partial charge in [-0.25, -0.2) is 0 Å². The van der Waals surface area contributed by atoms with Crippen LogP contribution in [-0.4, -0.2) is 37.1 Å². The lowest BCUT2D eigenvalue weighted by Crippen LogP contribution is -2.43. The molecule has 0 aliphatic carbocycles. The summed E-state index contributed by atoms with van der Waals surface area (Å²) in [6, 6.07) is 0.679. The molecule has 0 bridgehead atoms. The fraction of sp³-hybridized carbons (Fsp3) is 1.00. The summed E-state index contributed by atoms with van der Waals surface area (Å²) in [6.07, 6.45) is 2.51. The minimum atomic E-state index is 0.679. The Labute approximate surface area is 109 Å². The van der Waals surface area contributed by atoms with Gasteiger partial charge in [0, 0.05) is 12.6 Å². The van der Waals surface area contributed by atoms with Crippen molar-refractivity contribution in [1.82, 2.24) is 10.2 Å². The summed E-state index contributed by atoms with van der Waals surface area (Å²) in [5.41, 5.74) is 0. The molecule has 0 amide bonds. The Hall–Kier alpha value is -0.0800. The van der Waals surface area contributed by atoms with E-state index in [9.17, 15) is 0 Å². The first-order valence-electron chi connectivity index (χ1n) is 7.51. The quantitative estimate of drug-likeness (QED) is 0.591. The zero-order valence-corrected chi connectivity index (χ0v) is 12.9. The van der Waals surface area contributed by atoms with Gasteiger partial charge in [0.25, 0.3) is 0 Å². The van der Waals surface area contributed by atoms with E-state index < -0.39 is 0 Å². The molecule has 0 fully saturated rings. The van der Waals surface area contributed by atoms with E-state index in [-0.39, 0.29) is 0 Å². The summed E-state index contributed by atoms with van der Waals surface area (Å²) in [5.74, 6) is 1.54. The summed E-state index contributed by atoms with van der Waals surface area (Å²) < 4.78 is 0. The van der Waals surface area contributed by atoms with Gasteiger partial charge in [-0.15, -0.1) is 0 Å². The molecule has 2 heteroatoms. The Balaban J connectivity index is 4.07. The van der Waals surface area contributed by atoms with Crippen LogP contribution in [0.3, 0.4) is 0 Å². The second-order valence-corrected chi connectivity index (χ2v) is 5.52. The van der Waals surface area contributed by atoms with Crippen molar-refractivity contribution in [3.8, 4) is 0 Å². The van der Waals surface area contributed by atoms with Crippen molar-refractivity contribution < 1.29 is 0 Å². The maximum Gasteiger partial charge on any atom is 0.0105 e. The highest BCUT2D eigenvalue weighted by molar-refractivity contribution is 4.75. The maximum atomic E-state index is 3.54. The molecule has 0 aliphatic heterocycles. The van der Waals surface area contributed by atoms with Crippen LogP contribution in [-0.2, 0) is 0 Å². The lowest BCUT2D eigenvalue weighted by atomic mass is 9.99. The molecule has 0 saturated carbocycles. The van der Waals surface area contributed by atoms with Gasteiger partial charge in [0.05, 0.1) is 0 Å². The molecule has 0 spiro atoms. The van der Waals surface area contributed by atoms with E-state index in [0.29, 0.717) is 6.04 Å². The smallest absolute Gasteiger partial charge is 0.0105 e. The summed E-state index contributed by atoms with van der Waals surface area (Å²) in [7, 11) is 0. The molecule has 3 unspecified atom stereocenters. The van der Waals surface area contributed by atoms with Crippen molar-refractivity contribution in [2.24, 2.45) is 11.8 Å². The van der Waals surface area contributed by atoms with Crippen molar-refractivity contribution in [1.29, 1.82) is 0 Å². The third kappa shape index (κ3) is 7.05. The third-order valence-corrected chi connectivity index (χ3v) is 3.94. The van der Waals surface area contributed by atoms with Gasteiger partial charge in [-0.2, -0.15) is 0 Å². The summed E-state index contributed by atoms with van der Waals surface area (Å²) in [6.45, 7) is 18.6. The average molecular weight is 242 g/mol. The fourth-order valence-corrected chi connectivity index (χ4v) is 2.15. The average Bonchev–Trinajstić information content (AvgIpc) is 2.34. The Morgan fingerprint density at radius 1 is 1.06 bits per heavy atom. The van der Waals surface area contributed by atoms with E-state index in [2.05, 4.69) is 51.8 Å². The molecular weight excluding hydrogens is 208 g/mol. The Kier molecular flexibility index (Phi) is 9.85. The van der Waals surface area contributed by atoms with Crippen LogP contribution in [0.5, 0.6) is 0 Å². The van der Waals surface area contributed by atoms with Crippen LogP contribution in [0.1, 0.15) is 54.4 Å². The van der Waals surface area contributed by atoms with Crippen LogP contribution in [0.15, 0.2) is 0 Å². The first-order valence-corrected chi connectivity index (χ1v) is 7.51. The van der Waals surface area contributed by atoms with Crippen LogP contribution in [0.4, 0.5) is 0 Å². The minimum Gasteiger partial charge on any atom is -0.316 e. The normalized spacial score (nSPS) is 17.1. The first-order chi connectivity index (χ1) is 8.06. The van der Waals surface area contributed by atoms with E-state index >= 15 is 0 Å². The minimum absolute atomic E-state index is 0.679. The Morgan fingerprint density at radius 3 is 2.18 bits per heavy atom. The zero-order chi connectivity index (χ0) is 13.3. The van der Waals surface area contributed by atoms with Gasteiger partial charge >= 0.3 is 0 Å². The largest absolute Gasteiger partial charge is 0.316 e. The van der Waals surface area contributed by atoms with Gasteiger partial charge in [-0.1, -0.05) is 41.0 Å². The zero-order valence-electron chi connectivity index (χ0n) is 12.9. The molecule has 0 saturated heterocycles. The third-order valence-electron chi connectivity index (χ3n) is 3.94. The monoisotopic (exact) mass is 242 g/mol. The van der Waals surface area contributed by atoms with Crippen molar-refractivity contribution in [3.63, 3.8) is 0 Å². The second kappa shape index (κ2) is 9.90. The maximum absolute atomic E-state index is 3.54. The molecule has 0 heterocycles. The predicted molar refractivity (Wildman–Crippen MR) is 78.5 cm³/mol. The molecule has 3 atom stereocenters. The number of hydrogen-bond acceptors (Lipinski definition) is 2. The lowest BCUT2D eigenvalue weighted by Gasteiger charge is -2.34. The molecule has 0 aromatic carbocycles. The molecule has 104 valence electrons. The van der Waals surface area contributed by atoms with Crippen molar-refractivity contribution in [2.45, 2.75) is 60.4 Å². The Morgan fingerprint density at radius 2 is 1.71 bits per heavy atom. The highest BCUT2D eigenvalue weighted by Crippen LogP contribution is 2.13. The van der Waals surface area contributed by atoms with Gasteiger partial charge in [-0.05, 0) is 44.8 Å². The van der Waals surface area contributed by atoms with E-state index in [1.165, 1.54) is 25.9 Å². The molecular formula is C15H34N2. The van der Waals surface area contributed by atoms with Crippen molar-refractivity contribution in [2.75, 3.05) is 26.2 Å². The topological polar surface area (TPSA) is 15.3 Å². The number of rotatable bonds is 10. The molecule has 2 nitrogen and oxygen atoms in total. The van der Waals surface area contributed by atoms with Crippen LogP contribution in [0.2, 0.25) is 0 Å². The van der Waals surface area contributed by atoms with Gasteiger partial charge in [0.15, 0.2) is 0 Å². The van der Waals surface area contributed by atoms with Gasteiger partial charge in [-0.3, -0.25) is 0 Å². The van der Waals surface area contributed by atoms with Crippen LogP contribution in [0.25, 0.3) is 0 Å². The summed E-state index contributed by atoms with van der Waals surface area (Å²) >= 11 is 0. The predicted octanol–water partition coefficient (Wildman–Crippen LogP) is 3.38. The standard InChI is InChI=1S/C15H34N2/c1-7-10-16-11-14(5)15(6)17(9-3)12-13(4)8-2/h13-16H,7-12H2,1-6H3. The van der Waals surface area contributed by atoms with Gasteiger partial charge in [0.1, 0.15) is 0 Å². The molecule has 1 N–H and O–H groups in total. The molecule has 0 aromatic rings. The van der Waals surface area contributed by atoms with Crippen LogP contribution in [0, 0.1) is 11.8 Å². The van der Waals surface area contributed by atoms with Gasteiger partial charge < -0.3 is 10.2 Å². The van der Waals surface area contributed by atoms with E-state index in [0.717, 1.165) is 24.9 Å². The second-order valence-electron chi connectivity index (χ2n) is 5.52. The molecule has 0 aliphatic rings. The van der Waals surface area contributed by atoms with Crippen LogP contribution < -0.4 is 5.32 Å². The lowest BCUT2D eigenvalue weighted by molar-refractivity contribution is 0.145. The molecule has 0 rings (SSSR count). The highest BCUT2D eigenvalue weighted by atomic mass is 15.2. The highest BCUT2D eigenvalue weighted by Gasteiger charge is 2.19. The Bertz CT molecular complexity index is 170. The van der Waals surface area contributed by atoms with Crippen molar-refractivity contribution in [3.05, 3.63) is 0 Å². The molecule has 17 heavy (non-hydrogen) atoms. The SMILES string of the molecule is CCCNCC(C)C(C)N(CC)CC(C)CC. The number of nitrogens with one attached hydrogen (secondary N) is 1. The van der Waals surface area contributed by atoms with Gasteiger partial charge in [0.2, 0.25) is 0 Å². The molecule has 0 radical (unpaired) electrons. The van der Waals surface area contributed by atoms with E-state index in [4.69, 9.17) is 0 Å². The summed E-state index contributed by atoms with van der Waals surface area (Å²) in [5, 5.41) is 3.54. The van der Waals surface area contributed by atoms with E-state index in [1.807, 2.05) is 0 Å².